The van der Waals surface area contributed by atoms with Gasteiger partial charge in [-0.3, -0.25) is 18.0 Å². The number of amides is 2. The molecule has 26 heavy (non-hydrogen) atoms. The van der Waals surface area contributed by atoms with Gasteiger partial charge in [-0.05, 0) is 40.0 Å². The maximum atomic E-state index is 12.9. The Morgan fingerprint density at radius 1 is 1.04 bits per heavy atom. The van der Waals surface area contributed by atoms with E-state index in [1.54, 1.807) is 4.90 Å². The van der Waals surface area contributed by atoms with Crippen molar-refractivity contribution in [2.45, 2.75) is 78.3 Å². The van der Waals surface area contributed by atoms with Crippen molar-refractivity contribution in [3.8, 4) is 0 Å². The Morgan fingerprint density at radius 2 is 1.54 bits per heavy atom. The maximum Gasteiger partial charge on any atom is 0.306 e. The predicted molar refractivity (Wildman–Crippen MR) is 91.4 cm³/mol. The highest BCUT2D eigenvalue weighted by Gasteiger charge is 2.43. The van der Waals surface area contributed by atoms with E-state index in [-0.39, 0.29) is 23.9 Å². The molecule has 1 unspecified atom stereocenters. The van der Waals surface area contributed by atoms with Crippen molar-refractivity contribution in [1.82, 2.24) is 10.2 Å². The van der Waals surface area contributed by atoms with Gasteiger partial charge in [0, 0.05) is 12.1 Å². The summed E-state index contributed by atoms with van der Waals surface area (Å²) in [6, 6.07) is -1.03. The zero-order valence-corrected chi connectivity index (χ0v) is 16.7. The summed E-state index contributed by atoms with van der Waals surface area (Å²) >= 11 is -2.36. The summed E-state index contributed by atoms with van der Waals surface area (Å²) in [6.45, 7) is 11.3. The summed E-state index contributed by atoms with van der Waals surface area (Å²) in [6.07, 6.45) is -3.08. The highest BCUT2D eigenvalue weighted by Crippen LogP contribution is 2.19. The average molecular weight is 391 g/mol. The lowest BCUT2D eigenvalue weighted by molar-refractivity contribution is -0.314. The van der Waals surface area contributed by atoms with Gasteiger partial charge >= 0.3 is 11.4 Å². The van der Waals surface area contributed by atoms with Crippen LogP contribution in [-0.2, 0) is 34.1 Å². The first-order valence-electron chi connectivity index (χ1n) is 8.55. The Morgan fingerprint density at radius 3 is 1.96 bits per heavy atom. The van der Waals surface area contributed by atoms with Crippen molar-refractivity contribution in [3.05, 3.63) is 0 Å². The maximum absolute atomic E-state index is 12.9. The van der Waals surface area contributed by atoms with Gasteiger partial charge in [-0.15, -0.1) is 0 Å². The molecule has 1 aliphatic rings. The third-order valence-electron chi connectivity index (χ3n) is 3.82. The van der Waals surface area contributed by atoms with E-state index >= 15 is 0 Å². The van der Waals surface area contributed by atoms with Gasteiger partial charge in [-0.1, -0.05) is 13.8 Å². The number of rotatable bonds is 8. The normalized spacial score (nSPS) is 24.1. The lowest BCUT2D eigenvalue weighted by atomic mass is 10.0. The predicted octanol–water partition coefficient (Wildman–Crippen LogP) is -0.725. The van der Waals surface area contributed by atoms with Crippen LogP contribution in [0.4, 0.5) is 0 Å². The van der Waals surface area contributed by atoms with E-state index < -0.39 is 41.5 Å². The first-order chi connectivity index (χ1) is 12.0. The topological polar surface area (TPSA) is 125 Å². The first kappa shape index (κ1) is 22.5. The minimum absolute atomic E-state index is 0.0800. The molecule has 1 saturated heterocycles. The number of hydrogen-bond acceptors (Lipinski definition) is 7. The van der Waals surface area contributed by atoms with Crippen LogP contribution in [0.3, 0.4) is 0 Å². The molecule has 0 spiro atoms. The summed E-state index contributed by atoms with van der Waals surface area (Å²) < 4.78 is 20.5. The lowest BCUT2D eigenvalue weighted by Gasteiger charge is -2.35. The Balaban J connectivity index is 2.99. The van der Waals surface area contributed by atoms with Gasteiger partial charge in [-0.25, -0.2) is 0 Å². The number of carbonyl (C=O) groups excluding carboxylic acids is 3. The standard InChI is InChI=1S/C16H28N2O7S/c1-8(2)7-11(15(20)18(9(3)4)10(5)6)17-14(19)12-13(16(21)22)25-26(23)24-12/h8-13H,7H2,1-6H3,(H,17,19)(H,21,22)/p-1/t11-,12-,13-,26?/m0/s1. The molecule has 0 aliphatic carbocycles. The Bertz CT molecular complexity index is 557. The molecule has 2 amide bonds. The molecular formula is C16H27N2O7S-. The fourth-order valence-electron chi connectivity index (χ4n) is 2.87. The molecule has 1 aliphatic heterocycles. The lowest BCUT2D eigenvalue weighted by Crippen LogP contribution is -2.57. The third kappa shape index (κ3) is 5.75. The Labute approximate surface area is 156 Å². The average Bonchev–Trinajstić information content (AvgIpc) is 2.87. The third-order valence-corrected chi connectivity index (χ3v) is 4.55. The van der Waals surface area contributed by atoms with Gasteiger partial charge in [0.15, 0.2) is 12.2 Å². The quantitative estimate of drug-likeness (QED) is 0.578. The second-order valence-electron chi connectivity index (χ2n) is 7.18. The van der Waals surface area contributed by atoms with Crippen LogP contribution in [0.15, 0.2) is 0 Å². The highest BCUT2D eigenvalue weighted by atomic mass is 32.2. The number of nitrogens with one attached hydrogen (secondary N) is 1. The van der Waals surface area contributed by atoms with E-state index in [0.29, 0.717) is 6.42 Å². The van der Waals surface area contributed by atoms with Crippen LogP contribution >= 0.6 is 0 Å². The molecule has 1 fully saturated rings. The van der Waals surface area contributed by atoms with Gasteiger partial charge in [0.2, 0.25) is 5.91 Å². The molecule has 4 atom stereocenters. The number of carbonyl (C=O) groups is 3. The van der Waals surface area contributed by atoms with Crippen LogP contribution in [-0.4, -0.2) is 57.2 Å². The second-order valence-corrected chi connectivity index (χ2v) is 7.97. The van der Waals surface area contributed by atoms with E-state index in [4.69, 9.17) is 4.18 Å². The van der Waals surface area contributed by atoms with E-state index in [0.717, 1.165) is 0 Å². The number of hydrogen-bond donors (Lipinski definition) is 1. The Hall–Kier alpha value is -1.52. The molecule has 1 N–H and O–H groups in total. The molecule has 0 aromatic carbocycles. The number of nitrogens with zero attached hydrogens (tertiary/aromatic N) is 1. The molecule has 1 heterocycles. The SMILES string of the molecule is CC(C)C[C@H](NC(=O)[C@H]1OS(=O)O[C@@H]1C(=O)[O-])C(=O)N(C(C)C)C(C)C. The zero-order chi connectivity index (χ0) is 20.2. The minimum atomic E-state index is -2.36. The van der Waals surface area contributed by atoms with Crippen LogP contribution in [0, 0.1) is 5.92 Å². The highest BCUT2D eigenvalue weighted by molar-refractivity contribution is 7.75. The summed E-state index contributed by atoms with van der Waals surface area (Å²) in [5, 5.41) is 13.6. The van der Waals surface area contributed by atoms with Gasteiger partial charge in [0.1, 0.15) is 6.04 Å². The van der Waals surface area contributed by atoms with Gasteiger partial charge < -0.3 is 20.1 Å². The largest absolute Gasteiger partial charge is 0.547 e. The molecule has 0 bridgehead atoms. The molecule has 0 radical (unpaired) electrons. The van der Waals surface area contributed by atoms with Crippen LogP contribution in [0.1, 0.15) is 48.0 Å². The van der Waals surface area contributed by atoms with Crippen LogP contribution < -0.4 is 10.4 Å². The minimum Gasteiger partial charge on any atom is -0.547 e. The van der Waals surface area contributed by atoms with Gasteiger partial charge in [-0.2, -0.15) is 4.21 Å². The fraction of sp³-hybridized carbons (Fsp3) is 0.812. The summed E-state index contributed by atoms with van der Waals surface area (Å²) in [4.78, 5) is 38.1. The van der Waals surface area contributed by atoms with E-state index in [2.05, 4.69) is 9.50 Å². The fourth-order valence-corrected chi connectivity index (χ4v) is 3.62. The molecule has 10 heteroatoms. The van der Waals surface area contributed by atoms with Crippen molar-refractivity contribution in [2.24, 2.45) is 5.92 Å². The Kier molecular flexibility index (Phi) is 8.16. The monoisotopic (exact) mass is 391 g/mol. The van der Waals surface area contributed by atoms with Crippen molar-refractivity contribution in [3.63, 3.8) is 0 Å². The summed E-state index contributed by atoms with van der Waals surface area (Å²) in [7, 11) is 0. The molecule has 9 nitrogen and oxygen atoms in total. The summed E-state index contributed by atoms with van der Waals surface area (Å²) in [5.41, 5.74) is 0. The molecule has 0 saturated carbocycles. The van der Waals surface area contributed by atoms with Crippen molar-refractivity contribution < 1.29 is 32.1 Å². The zero-order valence-electron chi connectivity index (χ0n) is 15.9. The summed E-state index contributed by atoms with van der Waals surface area (Å²) in [5.74, 6) is -2.77. The smallest absolute Gasteiger partial charge is 0.306 e. The molecule has 0 aromatic heterocycles. The number of aliphatic carboxylic acids is 1. The van der Waals surface area contributed by atoms with Crippen LogP contribution in [0.25, 0.3) is 0 Å². The van der Waals surface area contributed by atoms with E-state index in [1.165, 1.54) is 0 Å². The van der Waals surface area contributed by atoms with E-state index in [9.17, 15) is 23.7 Å². The van der Waals surface area contributed by atoms with Crippen molar-refractivity contribution >= 4 is 29.1 Å². The van der Waals surface area contributed by atoms with Crippen molar-refractivity contribution in [1.29, 1.82) is 0 Å². The van der Waals surface area contributed by atoms with Gasteiger partial charge in [0.25, 0.3) is 5.91 Å². The van der Waals surface area contributed by atoms with E-state index in [1.807, 2.05) is 41.5 Å². The van der Waals surface area contributed by atoms with Gasteiger partial charge in [0.05, 0.1) is 5.97 Å². The van der Waals surface area contributed by atoms with Crippen LogP contribution in [0.2, 0.25) is 0 Å². The molecule has 150 valence electrons. The van der Waals surface area contributed by atoms with Crippen LogP contribution in [0.5, 0.6) is 0 Å². The number of carboxylic acid groups (broad SMARTS) is 1. The second kappa shape index (κ2) is 9.43. The number of carboxylic acids is 1. The first-order valence-corrected chi connectivity index (χ1v) is 9.55. The molecule has 1 rings (SSSR count). The molecule has 0 aromatic rings. The molecular weight excluding hydrogens is 364 g/mol. The van der Waals surface area contributed by atoms with Crippen molar-refractivity contribution in [2.75, 3.05) is 0 Å².